The summed E-state index contributed by atoms with van der Waals surface area (Å²) < 4.78 is 9.85. The molecule has 110 valence electrons. The standard InChI is InChI=1S/C14H19NO5/c1-10(13(17)15-7-8-19-2)20-14(18)12-5-3-11(9-16)4-6-12/h3-6,10,16H,7-9H2,1-2H3,(H,15,17)/t10-/m0/s1. The van der Waals surface area contributed by atoms with Gasteiger partial charge in [0.05, 0.1) is 18.8 Å². The first kappa shape index (κ1) is 16.1. The SMILES string of the molecule is COCCNC(=O)[C@H](C)OC(=O)c1ccc(CO)cc1. The first-order chi connectivity index (χ1) is 9.58. The van der Waals surface area contributed by atoms with Crippen molar-refractivity contribution < 1.29 is 24.2 Å². The zero-order valence-corrected chi connectivity index (χ0v) is 11.6. The van der Waals surface area contributed by atoms with Crippen LogP contribution in [0.25, 0.3) is 0 Å². The van der Waals surface area contributed by atoms with Crippen molar-refractivity contribution in [3.05, 3.63) is 35.4 Å². The summed E-state index contributed by atoms with van der Waals surface area (Å²) in [5.74, 6) is -0.953. The number of aliphatic hydroxyl groups excluding tert-OH is 1. The Morgan fingerprint density at radius 2 is 1.95 bits per heavy atom. The van der Waals surface area contributed by atoms with E-state index in [1.807, 2.05) is 0 Å². The average Bonchev–Trinajstić information content (AvgIpc) is 2.47. The second-order valence-electron chi connectivity index (χ2n) is 4.19. The van der Waals surface area contributed by atoms with Gasteiger partial charge in [-0.2, -0.15) is 0 Å². The molecule has 0 aliphatic rings. The molecule has 0 radical (unpaired) electrons. The predicted molar refractivity (Wildman–Crippen MR) is 72.1 cm³/mol. The van der Waals surface area contributed by atoms with E-state index in [9.17, 15) is 9.59 Å². The number of hydrogen-bond donors (Lipinski definition) is 2. The molecule has 1 atom stereocenters. The van der Waals surface area contributed by atoms with Gasteiger partial charge in [0, 0.05) is 13.7 Å². The van der Waals surface area contributed by atoms with Crippen molar-refractivity contribution in [3.8, 4) is 0 Å². The zero-order chi connectivity index (χ0) is 15.0. The Balaban J connectivity index is 2.49. The minimum Gasteiger partial charge on any atom is -0.449 e. The molecule has 0 spiro atoms. The Morgan fingerprint density at radius 1 is 1.30 bits per heavy atom. The summed E-state index contributed by atoms with van der Waals surface area (Å²) in [6.45, 7) is 2.17. The maximum absolute atomic E-state index is 11.8. The van der Waals surface area contributed by atoms with Crippen molar-refractivity contribution >= 4 is 11.9 Å². The molecule has 6 heteroatoms. The Hall–Kier alpha value is -1.92. The number of hydrogen-bond acceptors (Lipinski definition) is 5. The lowest BCUT2D eigenvalue weighted by atomic mass is 10.1. The number of aliphatic hydroxyl groups is 1. The average molecular weight is 281 g/mol. The van der Waals surface area contributed by atoms with Crippen LogP contribution in [-0.2, 0) is 20.9 Å². The molecule has 1 amide bonds. The van der Waals surface area contributed by atoms with Crippen molar-refractivity contribution in [3.63, 3.8) is 0 Å². The number of amides is 1. The molecule has 0 aromatic heterocycles. The van der Waals surface area contributed by atoms with E-state index in [0.29, 0.717) is 24.3 Å². The number of carbonyl (C=O) groups is 2. The van der Waals surface area contributed by atoms with Crippen LogP contribution < -0.4 is 5.32 Å². The smallest absolute Gasteiger partial charge is 0.338 e. The van der Waals surface area contributed by atoms with E-state index in [1.54, 1.807) is 24.3 Å². The molecule has 0 saturated heterocycles. The lowest BCUT2D eigenvalue weighted by Gasteiger charge is -2.13. The summed E-state index contributed by atoms with van der Waals surface area (Å²) in [6.07, 6.45) is -0.878. The van der Waals surface area contributed by atoms with Gasteiger partial charge < -0.3 is 19.9 Å². The van der Waals surface area contributed by atoms with Crippen molar-refractivity contribution in [2.45, 2.75) is 19.6 Å². The van der Waals surface area contributed by atoms with Gasteiger partial charge in [0.25, 0.3) is 5.91 Å². The Labute approximate surface area is 117 Å². The van der Waals surface area contributed by atoms with Crippen LogP contribution in [0.1, 0.15) is 22.8 Å². The van der Waals surface area contributed by atoms with Gasteiger partial charge in [-0.25, -0.2) is 4.79 Å². The van der Waals surface area contributed by atoms with E-state index in [-0.39, 0.29) is 12.5 Å². The molecule has 0 aliphatic heterocycles. The summed E-state index contributed by atoms with van der Waals surface area (Å²) >= 11 is 0. The second kappa shape index (κ2) is 8.29. The summed E-state index contributed by atoms with van der Waals surface area (Å²) in [5.41, 5.74) is 1.03. The summed E-state index contributed by atoms with van der Waals surface area (Å²) in [5, 5.41) is 11.5. The van der Waals surface area contributed by atoms with Crippen LogP contribution in [0.3, 0.4) is 0 Å². The lowest BCUT2D eigenvalue weighted by Crippen LogP contribution is -2.37. The van der Waals surface area contributed by atoms with E-state index >= 15 is 0 Å². The Kier molecular flexibility index (Phi) is 6.69. The van der Waals surface area contributed by atoms with Crippen molar-refractivity contribution in [1.29, 1.82) is 0 Å². The van der Waals surface area contributed by atoms with Gasteiger partial charge in [0.15, 0.2) is 6.10 Å². The third-order valence-corrected chi connectivity index (χ3v) is 2.63. The van der Waals surface area contributed by atoms with E-state index in [4.69, 9.17) is 14.6 Å². The fourth-order valence-electron chi connectivity index (χ4n) is 1.45. The molecule has 0 saturated carbocycles. The van der Waals surface area contributed by atoms with Gasteiger partial charge in [0.2, 0.25) is 0 Å². The van der Waals surface area contributed by atoms with Crippen LogP contribution in [0, 0.1) is 0 Å². The topological polar surface area (TPSA) is 84.9 Å². The third kappa shape index (κ3) is 4.99. The van der Waals surface area contributed by atoms with Gasteiger partial charge in [-0.05, 0) is 24.6 Å². The van der Waals surface area contributed by atoms with Gasteiger partial charge in [0.1, 0.15) is 0 Å². The van der Waals surface area contributed by atoms with E-state index in [2.05, 4.69) is 5.32 Å². The molecule has 6 nitrogen and oxygen atoms in total. The fourth-order valence-corrected chi connectivity index (χ4v) is 1.45. The van der Waals surface area contributed by atoms with Gasteiger partial charge in [-0.1, -0.05) is 12.1 Å². The van der Waals surface area contributed by atoms with Crippen LogP contribution in [0.5, 0.6) is 0 Å². The maximum Gasteiger partial charge on any atom is 0.338 e. The monoisotopic (exact) mass is 281 g/mol. The predicted octanol–water partition coefficient (Wildman–Crippen LogP) is 0.487. The van der Waals surface area contributed by atoms with Gasteiger partial charge in [-0.3, -0.25) is 4.79 Å². The molecule has 0 aliphatic carbocycles. The zero-order valence-electron chi connectivity index (χ0n) is 11.6. The number of nitrogens with one attached hydrogen (secondary N) is 1. The number of rotatable bonds is 7. The number of esters is 1. The highest BCUT2D eigenvalue weighted by atomic mass is 16.5. The quantitative estimate of drug-likeness (QED) is 0.561. The van der Waals surface area contributed by atoms with Gasteiger partial charge in [-0.15, -0.1) is 0 Å². The van der Waals surface area contributed by atoms with E-state index < -0.39 is 12.1 Å². The summed E-state index contributed by atoms with van der Waals surface area (Å²) in [6, 6.07) is 6.34. The van der Waals surface area contributed by atoms with E-state index in [0.717, 1.165) is 0 Å². The largest absolute Gasteiger partial charge is 0.449 e. The van der Waals surface area contributed by atoms with Crippen molar-refractivity contribution in [1.82, 2.24) is 5.32 Å². The number of carbonyl (C=O) groups excluding carboxylic acids is 2. The van der Waals surface area contributed by atoms with Crippen LogP contribution in [0.15, 0.2) is 24.3 Å². The van der Waals surface area contributed by atoms with Crippen molar-refractivity contribution in [2.24, 2.45) is 0 Å². The Morgan fingerprint density at radius 3 is 2.50 bits per heavy atom. The van der Waals surface area contributed by atoms with Crippen molar-refractivity contribution in [2.75, 3.05) is 20.3 Å². The normalized spacial score (nSPS) is 11.8. The highest BCUT2D eigenvalue weighted by molar-refractivity contribution is 5.92. The van der Waals surface area contributed by atoms with Gasteiger partial charge >= 0.3 is 5.97 Å². The molecule has 1 aromatic rings. The molecular formula is C14H19NO5. The third-order valence-electron chi connectivity index (χ3n) is 2.63. The van der Waals surface area contributed by atoms with Crippen LogP contribution >= 0.6 is 0 Å². The summed E-state index contributed by atoms with van der Waals surface area (Å²) in [4.78, 5) is 23.4. The molecular weight excluding hydrogens is 262 g/mol. The van der Waals surface area contributed by atoms with Crippen LogP contribution in [0.4, 0.5) is 0 Å². The number of benzene rings is 1. The molecule has 0 heterocycles. The number of methoxy groups -OCH3 is 1. The van der Waals surface area contributed by atoms with Crippen LogP contribution in [0.2, 0.25) is 0 Å². The molecule has 1 aromatic carbocycles. The highest BCUT2D eigenvalue weighted by Crippen LogP contribution is 2.07. The van der Waals surface area contributed by atoms with Crippen LogP contribution in [-0.4, -0.2) is 43.3 Å². The first-order valence-corrected chi connectivity index (χ1v) is 6.26. The number of ether oxygens (including phenoxy) is 2. The minimum absolute atomic E-state index is 0.0896. The van der Waals surface area contributed by atoms with E-state index in [1.165, 1.54) is 14.0 Å². The highest BCUT2D eigenvalue weighted by Gasteiger charge is 2.18. The molecule has 20 heavy (non-hydrogen) atoms. The second-order valence-corrected chi connectivity index (χ2v) is 4.19. The molecule has 0 fully saturated rings. The minimum atomic E-state index is -0.878. The molecule has 0 bridgehead atoms. The molecule has 0 unspecified atom stereocenters. The summed E-state index contributed by atoms with van der Waals surface area (Å²) in [7, 11) is 1.53. The maximum atomic E-state index is 11.8. The fraction of sp³-hybridized carbons (Fsp3) is 0.429. The first-order valence-electron chi connectivity index (χ1n) is 6.26. The Bertz CT molecular complexity index is 443. The molecule has 1 rings (SSSR count). The lowest BCUT2D eigenvalue weighted by molar-refractivity contribution is -0.129. The molecule has 2 N–H and O–H groups in total.